The van der Waals surface area contributed by atoms with E-state index in [9.17, 15) is 0 Å². The number of oxazole rings is 1. The number of nitrogens with zero attached hydrogens (tertiary/aromatic N) is 1. The number of nitrogens with one attached hydrogen (secondary N) is 2. The van der Waals surface area contributed by atoms with Gasteiger partial charge in [-0.25, -0.2) is 0 Å². The zero-order chi connectivity index (χ0) is 14.5. The summed E-state index contributed by atoms with van der Waals surface area (Å²) in [5.41, 5.74) is 2.88. The molecule has 0 saturated carbocycles. The molecule has 5 heteroatoms. The van der Waals surface area contributed by atoms with Gasteiger partial charge in [0.1, 0.15) is 5.52 Å². The van der Waals surface area contributed by atoms with Gasteiger partial charge in [0, 0.05) is 24.7 Å². The molecule has 0 aliphatic heterocycles. The van der Waals surface area contributed by atoms with Crippen LogP contribution < -0.4 is 10.6 Å². The van der Waals surface area contributed by atoms with Gasteiger partial charge in [-0.15, -0.1) is 0 Å². The van der Waals surface area contributed by atoms with E-state index in [1.54, 1.807) is 0 Å². The van der Waals surface area contributed by atoms with Crippen molar-refractivity contribution in [2.45, 2.75) is 6.54 Å². The van der Waals surface area contributed by atoms with Gasteiger partial charge < -0.3 is 15.1 Å². The molecule has 0 aliphatic rings. The van der Waals surface area contributed by atoms with Gasteiger partial charge in [-0.05, 0) is 29.8 Å². The summed E-state index contributed by atoms with van der Waals surface area (Å²) in [6.07, 6.45) is 0. The lowest BCUT2D eigenvalue weighted by molar-refractivity contribution is 0.608. The zero-order valence-corrected chi connectivity index (χ0v) is 12.2. The molecule has 3 rings (SSSR count). The molecule has 1 heterocycles. The summed E-state index contributed by atoms with van der Waals surface area (Å²) < 4.78 is 5.58. The first-order valence-electron chi connectivity index (χ1n) is 6.86. The molecule has 2 N–H and O–H groups in total. The molecule has 0 spiro atoms. The molecule has 2 aromatic carbocycles. The first kappa shape index (κ1) is 13.9. The highest BCUT2D eigenvalue weighted by Gasteiger charge is 2.03. The molecule has 21 heavy (non-hydrogen) atoms. The van der Waals surface area contributed by atoms with Gasteiger partial charge >= 0.3 is 0 Å². The number of fused-ring (bicyclic) bond motifs is 1. The third-order valence-electron chi connectivity index (χ3n) is 3.11. The number of benzene rings is 2. The van der Waals surface area contributed by atoms with Gasteiger partial charge in [-0.1, -0.05) is 35.9 Å². The SMILES string of the molecule is Clc1ccc(CNCCNc2nc3ccccc3o2)cc1. The van der Waals surface area contributed by atoms with Crippen LogP contribution in [0.15, 0.2) is 52.9 Å². The van der Waals surface area contributed by atoms with E-state index in [2.05, 4.69) is 15.6 Å². The van der Waals surface area contributed by atoms with Crippen LogP contribution in [-0.2, 0) is 6.54 Å². The van der Waals surface area contributed by atoms with Crippen LogP contribution in [0.3, 0.4) is 0 Å². The molecular weight excluding hydrogens is 286 g/mol. The molecule has 4 nitrogen and oxygen atoms in total. The normalized spacial score (nSPS) is 10.9. The van der Waals surface area contributed by atoms with Crippen molar-refractivity contribution in [3.63, 3.8) is 0 Å². The third kappa shape index (κ3) is 3.74. The van der Waals surface area contributed by atoms with Gasteiger partial charge in [-0.3, -0.25) is 0 Å². The van der Waals surface area contributed by atoms with E-state index in [0.717, 1.165) is 35.8 Å². The van der Waals surface area contributed by atoms with Crippen molar-refractivity contribution in [3.8, 4) is 0 Å². The highest BCUT2D eigenvalue weighted by molar-refractivity contribution is 6.30. The fraction of sp³-hybridized carbons (Fsp3) is 0.188. The Bertz CT molecular complexity index is 676. The summed E-state index contributed by atoms with van der Waals surface area (Å²) in [5.74, 6) is 0. The summed E-state index contributed by atoms with van der Waals surface area (Å²) in [6.45, 7) is 2.38. The van der Waals surface area contributed by atoms with Crippen molar-refractivity contribution in [1.82, 2.24) is 10.3 Å². The van der Waals surface area contributed by atoms with Crippen LogP contribution in [0.2, 0.25) is 5.02 Å². The first-order valence-corrected chi connectivity index (χ1v) is 7.24. The van der Waals surface area contributed by atoms with Gasteiger partial charge in [0.05, 0.1) is 0 Å². The van der Waals surface area contributed by atoms with Crippen LogP contribution in [0, 0.1) is 0 Å². The lowest BCUT2D eigenvalue weighted by atomic mass is 10.2. The van der Waals surface area contributed by atoms with Crippen molar-refractivity contribution < 1.29 is 4.42 Å². The van der Waals surface area contributed by atoms with Gasteiger partial charge in [0.15, 0.2) is 5.58 Å². The highest BCUT2D eigenvalue weighted by atomic mass is 35.5. The van der Waals surface area contributed by atoms with E-state index in [1.807, 2.05) is 48.5 Å². The molecule has 0 aliphatic carbocycles. The molecule has 0 bridgehead atoms. The summed E-state index contributed by atoms with van der Waals surface area (Å²) in [4.78, 5) is 4.36. The average Bonchev–Trinajstić information content (AvgIpc) is 2.91. The van der Waals surface area contributed by atoms with Crippen molar-refractivity contribution in [3.05, 3.63) is 59.1 Å². The number of halogens is 1. The van der Waals surface area contributed by atoms with Gasteiger partial charge in [0.2, 0.25) is 0 Å². The Hall–Kier alpha value is -2.04. The Morgan fingerprint density at radius 2 is 1.81 bits per heavy atom. The van der Waals surface area contributed by atoms with E-state index in [0.29, 0.717) is 6.01 Å². The predicted molar refractivity (Wildman–Crippen MR) is 85.7 cm³/mol. The minimum absolute atomic E-state index is 0.560. The largest absolute Gasteiger partial charge is 0.424 e. The van der Waals surface area contributed by atoms with E-state index in [4.69, 9.17) is 16.0 Å². The van der Waals surface area contributed by atoms with Crippen LogP contribution >= 0.6 is 11.6 Å². The average molecular weight is 302 g/mol. The smallest absolute Gasteiger partial charge is 0.295 e. The second kappa shape index (κ2) is 6.61. The van der Waals surface area contributed by atoms with Crippen molar-refractivity contribution >= 4 is 28.7 Å². The minimum atomic E-state index is 0.560. The Labute approximate surface area is 128 Å². The van der Waals surface area contributed by atoms with E-state index in [1.165, 1.54) is 5.56 Å². The predicted octanol–water partition coefficient (Wildman–Crippen LogP) is 3.68. The molecule has 0 unspecified atom stereocenters. The van der Waals surface area contributed by atoms with Gasteiger partial charge in [-0.2, -0.15) is 4.98 Å². The van der Waals surface area contributed by atoms with Crippen LogP contribution in [0.4, 0.5) is 6.01 Å². The first-order chi connectivity index (χ1) is 10.3. The quantitative estimate of drug-likeness (QED) is 0.682. The van der Waals surface area contributed by atoms with Crippen molar-refractivity contribution in [2.24, 2.45) is 0 Å². The van der Waals surface area contributed by atoms with Crippen LogP contribution in [0.5, 0.6) is 0 Å². The lowest BCUT2D eigenvalue weighted by Crippen LogP contribution is -2.21. The second-order valence-corrected chi connectivity index (χ2v) is 5.15. The number of anilines is 1. The molecular formula is C16H16ClN3O. The van der Waals surface area contributed by atoms with Crippen LogP contribution in [0.25, 0.3) is 11.1 Å². The summed E-state index contributed by atoms with van der Waals surface area (Å²) >= 11 is 5.85. The molecule has 108 valence electrons. The van der Waals surface area contributed by atoms with E-state index in [-0.39, 0.29) is 0 Å². The van der Waals surface area contributed by atoms with Crippen LogP contribution in [0.1, 0.15) is 5.56 Å². The molecule has 0 fully saturated rings. The summed E-state index contributed by atoms with van der Waals surface area (Å²) in [5, 5.41) is 7.28. The minimum Gasteiger partial charge on any atom is -0.424 e. The monoisotopic (exact) mass is 301 g/mol. The molecule has 3 aromatic rings. The maximum absolute atomic E-state index is 5.85. The third-order valence-corrected chi connectivity index (χ3v) is 3.37. The lowest BCUT2D eigenvalue weighted by Gasteiger charge is -2.05. The van der Waals surface area contributed by atoms with Crippen molar-refractivity contribution in [1.29, 1.82) is 0 Å². The maximum atomic E-state index is 5.85. The summed E-state index contributed by atoms with van der Waals surface area (Å²) in [7, 11) is 0. The number of hydrogen-bond donors (Lipinski definition) is 2. The summed E-state index contributed by atoms with van der Waals surface area (Å²) in [6, 6.07) is 16.1. The number of para-hydroxylation sites is 2. The fourth-order valence-electron chi connectivity index (χ4n) is 2.04. The second-order valence-electron chi connectivity index (χ2n) is 4.72. The Balaban J connectivity index is 1.42. The number of hydrogen-bond acceptors (Lipinski definition) is 4. The molecule has 0 amide bonds. The molecule has 0 saturated heterocycles. The van der Waals surface area contributed by atoms with Gasteiger partial charge in [0.25, 0.3) is 6.01 Å². The fourth-order valence-corrected chi connectivity index (χ4v) is 2.17. The number of rotatable bonds is 6. The van der Waals surface area contributed by atoms with E-state index < -0.39 is 0 Å². The van der Waals surface area contributed by atoms with E-state index >= 15 is 0 Å². The standard InChI is InChI=1S/C16H16ClN3O/c17-13-7-5-12(6-8-13)11-18-9-10-19-16-20-14-3-1-2-4-15(14)21-16/h1-8,18H,9-11H2,(H,19,20). The van der Waals surface area contributed by atoms with Crippen molar-refractivity contribution in [2.75, 3.05) is 18.4 Å². The molecule has 0 radical (unpaired) electrons. The van der Waals surface area contributed by atoms with Crippen LogP contribution in [-0.4, -0.2) is 18.1 Å². The molecule has 1 aromatic heterocycles. The topological polar surface area (TPSA) is 50.1 Å². The highest BCUT2D eigenvalue weighted by Crippen LogP contribution is 2.17. The maximum Gasteiger partial charge on any atom is 0.295 e. The Morgan fingerprint density at radius 3 is 2.62 bits per heavy atom. The number of aromatic nitrogens is 1. The molecule has 0 atom stereocenters. The Kier molecular flexibility index (Phi) is 4.38. The zero-order valence-electron chi connectivity index (χ0n) is 11.5. The Morgan fingerprint density at radius 1 is 1.00 bits per heavy atom.